The molecule has 1 aromatic rings. The fourth-order valence-electron chi connectivity index (χ4n) is 3.09. The molecule has 0 spiro atoms. The third-order valence-corrected chi connectivity index (χ3v) is 4.33. The molecule has 154 valence electrons. The van der Waals surface area contributed by atoms with E-state index < -0.39 is 17.9 Å². The normalized spacial score (nSPS) is 18.9. The Morgan fingerprint density at radius 2 is 1.86 bits per heavy atom. The van der Waals surface area contributed by atoms with E-state index in [1.54, 1.807) is 39.0 Å². The molecule has 0 aliphatic carbocycles. The second-order valence-electron chi connectivity index (χ2n) is 8.01. The first-order valence-corrected chi connectivity index (χ1v) is 9.35. The first-order chi connectivity index (χ1) is 13.0. The minimum atomic E-state index is -0.872. The van der Waals surface area contributed by atoms with Gasteiger partial charge in [0, 0.05) is 37.2 Å². The van der Waals surface area contributed by atoms with Gasteiger partial charge in [-0.3, -0.25) is 14.5 Å². The van der Waals surface area contributed by atoms with E-state index in [0.29, 0.717) is 17.7 Å². The number of nitrogens with zero attached hydrogens (tertiary/aromatic N) is 1. The number of alkyl carbamates (subject to hydrolysis) is 1. The zero-order chi connectivity index (χ0) is 21.1. The summed E-state index contributed by atoms with van der Waals surface area (Å²) in [6.07, 6.45) is -0.835. The molecule has 8 nitrogen and oxygen atoms in total. The van der Waals surface area contributed by atoms with Crippen LogP contribution in [0.1, 0.15) is 50.5 Å². The lowest BCUT2D eigenvalue weighted by molar-refractivity contribution is -0.119. The van der Waals surface area contributed by atoms with Gasteiger partial charge in [-0.05, 0) is 51.0 Å². The Morgan fingerprint density at radius 1 is 1.21 bits per heavy atom. The van der Waals surface area contributed by atoms with Crippen molar-refractivity contribution < 1.29 is 24.2 Å². The van der Waals surface area contributed by atoms with Crippen LogP contribution in [-0.4, -0.2) is 47.9 Å². The number of hydrogen-bond donors (Lipinski definition) is 3. The van der Waals surface area contributed by atoms with Gasteiger partial charge in [0.2, 0.25) is 5.91 Å². The van der Waals surface area contributed by atoms with Crippen molar-refractivity contribution in [2.24, 2.45) is 5.92 Å². The molecule has 3 amide bonds. The van der Waals surface area contributed by atoms with Crippen molar-refractivity contribution in [1.29, 1.82) is 0 Å². The summed E-state index contributed by atoms with van der Waals surface area (Å²) in [6.45, 7) is 9.09. The second kappa shape index (κ2) is 8.60. The van der Waals surface area contributed by atoms with Crippen LogP contribution in [0.15, 0.2) is 18.2 Å². The highest BCUT2D eigenvalue weighted by Gasteiger charge is 2.33. The van der Waals surface area contributed by atoms with Crippen molar-refractivity contribution in [2.75, 3.05) is 18.0 Å². The topological polar surface area (TPSA) is 108 Å². The Morgan fingerprint density at radius 3 is 2.46 bits per heavy atom. The molecule has 1 aromatic carbocycles. The fourth-order valence-corrected chi connectivity index (χ4v) is 3.09. The number of rotatable bonds is 4. The van der Waals surface area contributed by atoms with E-state index >= 15 is 0 Å². The molecule has 1 aliphatic rings. The largest absolute Gasteiger partial charge is 0.444 e. The van der Waals surface area contributed by atoms with Gasteiger partial charge in [0.05, 0.1) is 0 Å². The van der Waals surface area contributed by atoms with Crippen molar-refractivity contribution in [3.8, 4) is 0 Å². The van der Waals surface area contributed by atoms with Crippen molar-refractivity contribution in [3.05, 3.63) is 29.3 Å². The Bertz CT molecular complexity index is 757. The van der Waals surface area contributed by atoms with Crippen LogP contribution >= 0.6 is 0 Å². The van der Waals surface area contributed by atoms with Gasteiger partial charge >= 0.3 is 6.09 Å². The van der Waals surface area contributed by atoms with Crippen LogP contribution in [-0.2, 0) is 16.0 Å². The number of hydrogen-bond acceptors (Lipinski definition) is 5. The standard InChI is InChI=1S/C20H29N3O5/c1-12-10-15-11-14(6-7-16(15)23(13(2)24)18(12)26)17(25)21-8-9-22-19(27)28-20(3,4)5/h6-7,11-12,18,26H,8-10H2,1-5H3,(H,21,25)(H,22,27)/t12-,18+/m1/s1. The fraction of sp³-hybridized carbons (Fsp3) is 0.550. The summed E-state index contributed by atoms with van der Waals surface area (Å²) in [6, 6.07) is 5.04. The molecular formula is C20H29N3O5. The van der Waals surface area contributed by atoms with Gasteiger partial charge in [-0.1, -0.05) is 6.92 Å². The van der Waals surface area contributed by atoms with Crippen molar-refractivity contribution in [2.45, 2.75) is 52.9 Å². The third kappa shape index (κ3) is 5.45. The molecule has 0 radical (unpaired) electrons. The smallest absolute Gasteiger partial charge is 0.407 e. The van der Waals surface area contributed by atoms with Crippen molar-refractivity contribution in [1.82, 2.24) is 10.6 Å². The number of fused-ring (bicyclic) bond motifs is 1. The number of carbonyl (C=O) groups is 3. The van der Waals surface area contributed by atoms with E-state index in [4.69, 9.17) is 4.74 Å². The van der Waals surface area contributed by atoms with Crippen LogP contribution in [0.25, 0.3) is 0 Å². The van der Waals surface area contributed by atoms with E-state index in [2.05, 4.69) is 10.6 Å². The predicted octanol–water partition coefficient (Wildman–Crippen LogP) is 1.80. The molecule has 0 saturated heterocycles. The highest BCUT2D eigenvalue weighted by atomic mass is 16.6. The van der Waals surface area contributed by atoms with Crippen LogP contribution < -0.4 is 15.5 Å². The first-order valence-electron chi connectivity index (χ1n) is 9.35. The first kappa shape index (κ1) is 21.7. The van der Waals surface area contributed by atoms with E-state index in [0.717, 1.165) is 5.56 Å². The molecule has 28 heavy (non-hydrogen) atoms. The number of ether oxygens (including phenoxy) is 1. The van der Waals surface area contributed by atoms with E-state index in [1.807, 2.05) is 6.92 Å². The van der Waals surface area contributed by atoms with Crippen molar-refractivity contribution >= 4 is 23.6 Å². The summed E-state index contributed by atoms with van der Waals surface area (Å²) < 4.78 is 5.12. The number of carbonyl (C=O) groups excluding carboxylic acids is 3. The SMILES string of the molecule is CC(=O)N1c2ccc(C(=O)NCCNC(=O)OC(C)(C)C)cc2C[C@@H](C)[C@@H]1O. The van der Waals surface area contributed by atoms with Crippen LogP contribution in [0, 0.1) is 5.92 Å². The number of aliphatic hydroxyl groups is 1. The third-order valence-electron chi connectivity index (χ3n) is 4.33. The van der Waals surface area contributed by atoms with Gasteiger partial charge < -0.3 is 20.5 Å². The Balaban J connectivity index is 1.96. The highest BCUT2D eigenvalue weighted by molar-refractivity contribution is 5.97. The molecule has 0 saturated carbocycles. The van der Waals surface area contributed by atoms with Gasteiger partial charge in [0.1, 0.15) is 11.8 Å². The lowest BCUT2D eigenvalue weighted by Crippen LogP contribution is -2.47. The summed E-state index contributed by atoms with van der Waals surface area (Å²) >= 11 is 0. The number of amides is 3. The quantitative estimate of drug-likeness (QED) is 0.679. The summed E-state index contributed by atoms with van der Waals surface area (Å²) in [5, 5.41) is 15.6. The summed E-state index contributed by atoms with van der Waals surface area (Å²) in [5.74, 6) is -0.652. The Labute approximate surface area is 165 Å². The second-order valence-corrected chi connectivity index (χ2v) is 8.01. The lowest BCUT2D eigenvalue weighted by atomic mass is 9.91. The van der Waals surface area contributed by atoms with E-state index in [1.165, 1.54) is 11.8 Å². The summed E-state index contributed by atoms with van der Waals surface area (Å²) in [7, 11) is 0. The zero-order valence-electron chi connectivity index (χ0n) is 17.0. The maximum atomic E-state index is 12.4. The van der Waals surface area contributed by atoms with Crippen LogP contribution in [0.5, 0.6) is 0 Å². The molecule has 8 heteroatoms. The maximum absolute atomic E-state index is 12.4. The average molecular weight is 391 g/mol. The van der Waals surface area contributed by atoms with Gasteiger partial charge in [-0.25, -0.2) is 4.79 Å². The molecule has 2 atom stereocenters. The number of nitrogens with one attached hydrogen (secondary N) is 2. The number of aliphatic hydroxyl groups excluding tert-OH is 1. The molecule has 0 bridgehead atoms. The molecule has 1 heterocycles. The monoisotopic (exact) mass is 391 g/mol. The molecule has 2 rings (SSSR count). The molecule has 3 N–H and O–H groups in total. The van der Waals surface area contributed by atoms with Gasteiger partial charge in [-0.2, -0.15) is 0 Å². The number of benzene rings is 1. The predicted molar refractivity (Wildman–Crippen MR) is 105 cm³/mol. The zero-order valence-corrected chi connectivity index (χ0v) is 17.0. The molecule has 0 fully saturated rings. The molecular weight excluding hydrogens is 362 g/mol. The van der Waals surface area contributed by atoms with Gasteiger partial charge in [0.15, 0.2) is 0 Å². The van der Waals surface area contributed by atoms with Gasteiger partial charge in [-0.15, -0.1) is 0 Å². The maximum Gasteiger partial charge on any atom is 0.407 e. The molecule has 1 aliphatic heterocycles. The Hall–Kier alpha value is -2.61. The summed E-state index contributed by atoms with van der Waals surface area (Å²) in [4.78, 5) is 37.2. The Kier molecular flexibility index (Phi) is 6.66. The van der Waals surface area contributed by atoms with Crippen molar-refractivity contribution in [3.63, 3.8) is 0 Å². The van der Waals surface area contributed by atoms with Crippen LogP contribution in [0.2, 0.25) is 0 Å². The van der Waals surface area contributed by atoms with E-state index in [9.17, 15) is 19.5 Å². The molecule has 0 unspecified atom stereocenters. The summed E-state index contributed by atoms with van der Waals surface area (Å²) in [5.41, 5.74) is 1.35. The number of anilines is 1. The van der Waals surface area contributed by atoms with Crippen LogP contribution in [0.4, 0.5) is 10.5 Å². The minimum Gasteiger partial charge on any atom is -0.444 e. The molecule has 0 aromatic heterocycles. The van der Waals surface area contributed by atoms with E-state index in [-0.39, 0.29) is 30.8 Å². The highest BCUT2D eigenvalue weighted by Crippen LogP contribution is 2.33. The van der Waals surface area contributed by atoms with Gasteiger partial charge in [0.25, 0.3) is 5.91 Å². The van der Waals surface area contributed by atoms with Crippen LogP contribution in [0.3, 0.4) is 0 Å². The average Bonchev–Trinajstić information content (AvgIpc) is 2.57. The lowest BCUT2D eigenvalue weighted by Gasteiger charge is -2.37. The minimum absolute atomic E-state index is 0.132.